The molecule has 42 heavy (non-hydrogen) atoms. The molecular weight excluding hydrogens is 557 g/mol. The Morgan fingerprint density at radius 1 is 0.833 bits per heavy atom. The molecule has 1 saturated heterocycles. The molecule has 5 rings (SSSR count). The van der Waals surface area contributed by atoms with Crippen molar-refractivity contribution in [1.29, 1.82) is 0 Å². The fourth-order valence-corrected chi connectivity index (χ4v) is 10.5. The molecule has 0 amide bonds. The van der Waals surface area contributed by atoms with Gasteiger partial charge < -0.3 is 24.1 Å². The number of aliphatic hydroxyl groups is 1. The van der Waals surface area contributed by atoms with Crippen molar-refractivity contribution in [3.63, 3.8) is 0 Å². The van der Waals surface area contributed by atoms with Gasteiger partial charge in [0, 0.05) is 38.5 Å². The van der Waals surface area contributed by atoms with Gasteiger partial charge >= 0.3 is 24.1 Å². The van der Waals surface area contributed by atoms with Crippen LogP contribution in [-0.2, 0) is 33.3 Å². The van der Waals surface area contributed by atoms with Crippen molar-refractivity contribution < 1.29 is 51.6 Å². The molecular formula is C31H45F3O8. The molecule has 5 fully saturated rings. The first-order valence-corrected chi connectivity index (χ1v) is 15.4. The van der Waals surface area contributed by atoms with Gasteiger partial charge in [-0.25, -0.2) is 0 Å². The lowest BCUT2D eigenvalue weighted by molar-refractivity contribution is -0.432. The number of carbonyl (C=O) groups is 3. The minimum Gasteiger partial charge on any atom is -0.463 e. The van der Waals surface area contributed by atoms with E-state index in [0.717, 1.165) is 6.42 Å². The van der Waals surface area contributed by atoms with Crippen LogP contribution >= 0.6 is 0 Å². The van der Waals surface area contributed by atoms with Gasteiger partial charge in [0.2, 0.25) is 0 Å². The van der Waals surface area contributed by atoms with Gasteiger partial charge in [-0.3, -0.25) is 14.4 Å². The number of esters is 3. The number of ether oxygens (including phenoxy) is 4. The Balaban J connectivity index is 1.60. The number of rotatable bonds is 3. The van der Waals surface area contributed by atoms with Crippen LogP contribution in [0.5, 0.6) is 0 Å². The highest BCUT2D eigenvalue weighted by Gasteiger charge is 2.76. The average Bonchev–Trinajstić information content (AvgIpc) is 3.15. The van der Waals surface area contributed by atoms with Crippen molar-refractivity contribution in [3.05, 3.63) is 0 Å². The smallest absolute Gasteiger partial charge is 0.443 e. The SMILES string of the molecule is CC(=O)O[C@@H]1CC[C@@]2(C)[C@@H](C1)C[C@@H](OC(C)=O)[C@@H]1[C@@H]2C[C@H](OC(C)=O)[C@@]2(C)[C@H]1CC[C@@]21OC(O)(C(F)(F)F)CC[C@H]1C. The summed E-state index contributed by atoms with van der Waals surface area (Å²) in [6, 6.07) is 0. The number of carbonyl (C=O) groups excluding carboxylic acids is 3. The summed E-state index contributed by atoms with van der Waals surface area (Å²) < 4.78 is 66.2. The van der Waals surface area contributed by atoms with Crippen LogP contribution in [0.4, 0.5) is 13.2 Å². The second-order valence-electron chi connectivity index (χ2n) is 14.3. The molecule has 0 bridgehead atoms. The summed E-state index contributed by atoms with van der Waals surface area (Å²) in [4.78, 5) is 36.7. The van der Waals surface area contributed by atoms with Crippen molar-refractivity contribution in [2.75, 3.05) is 0 Å². The van der Waals surface area contributed by atoms with Gasteiger partial charge in [-0.2, -0.15) is 13.2 Å². The van der Waals surface area contributed by atoms with E-state index in [-0.39, 0.29) is 59.9 Å². The molecule has 4 aliphatic carbocycles. The molecule has 1 unspecified atom stereocenters. The highest BCUT2D eigenvalue weighted by Crippen LogP contribution is 2.72. The van der Waals surface area contributed by atoms with Gasteiger partial charge in [0.15, 0.2) is 0 Å². The third-order valence-electron chi connectivity index (χ3n) is 12.3. The molecule has 1 spiro atoms. The first kappa shape index (κ1) is 31.5. The van der Waals surface area contributed by atoms with E-state index in [2.05, 4.69) is 6.92 Å². The lowest BCUT2D eigenvalue weighted by Crippen LogP contribution is -2.70. The van der Waals surface area contributed by atoms with Gasteiger partial charge in [-0.15, -0.1) is 0 Å². The van der Waals surface area contributed by atoms with Crippen LogP contribution < -0.4 is 0 Å². The lowest BCUT2D eigenvalue weighted by Gasteiger charge is -2.66. The second kappa shape index (κ2) is 10.3. The van der Waals surface area contributed by atoms with Gasteiger partial charge in [0.05, 0.1) is 5.60 Å². The molecule has 1 aliphatic heterocycles. The predicted molar refractivity (Wildman–Crippen MR) is 142 cm³/mol. The molecule has 0 radical (unpaired) electrons. The van der Waals surface area contributed by atoms with E-state index in [1.807, 2.05) is 13.8 Å². The monoisotopic (exact) mass is 602 g/mol. The molecule has 12 atom stereocenters. The zero-order valence-corrected chi connectivity index (χ0v) is 25.4. The third kappa shape index (κ3) is 4.66. The maximum Gasteiger partial charge on any atom is 0.443 e. The summed E-state index contributed by atoms with van der Waals surface area (Å²) in [7, 11) is 0. The van der Waals surface area contributed by atoms with E-state index in [9.17, 15) is 32.7 Å². The molecule has 5 aliphatic rings. The van der Waals surface area contributed by atoms with Crippen LogP contribution in [0.1, 0.15) is 99.3 Å². The standard InChI is InChI=1S/C31H45F3O8/c1-16-7-12-30(38,31(32,33)34)42-29(16)11-9-22-26-23(15-25(28(22,29)6)41-19(4)37)27(5)10-8-21(39-17(2)35)13-20(27)14-24(26)40-18(3)36/h16,20-26,38H,7-15H2,1-6H3/t16-,20+,21-,22+,23+,24-,25+,26+,27+,28-,29+,30?/m1/s1. The van der Waals surface area contributed by atoms with Crippen LogP contribution in [0.2, 0.25) is 0 Å². The van der Waals surface area contributed by atoms with Crippen molar-refractivity contribution >= 4 is 17.9 Å². The fourth-order valence-electron chi connectivity index (χ4n) is 10.5. The predicted octanol–water partition coefficient (Wildman–Crippen LogP) is 5.48. The van der Waals surface area contributed by atoms with Crippen molar-refractivity contribution in [1.82, 2.24) is 0 Å². The molecule has 11 heteroatoms. The van der Waals surface area contributed by atoms with E-state index in [0.29, 0.717) is 32.1 Å². The van der Waals surface area contributed by atoms with Crippen LogP contribution in [0.15, 0.2) is 0 Å². The quantitative estimate of drug-likeness (QED) is 0.334. The van der Waals surface area contributed by atoms with Gasteiger partial charge in [0.25, 0.3) is 5.79 Å². The fraction of sp³-hybridized carbons (Fsp3) is 0.903. The summed E-state index contributed by atoms with van der Waals surface area (Å²) in [5.41, 5.74) is -2.73. The number of halogens is 3. The van der Waals surface area contributed by atoms with Gasteiger partial charge in [-0.1, -0.05) is 20.8 Å². The van der Waals surface area contributed by atoms with E-state index >= 15 is 0 Å². The summed E-state index contributed by atoms with van der Waals surface area (Å²) in [6.07, 6.45) is -3.22. The van der Waals surface area contributed by atoms with Crippen molar-refractivity contribution in [2.45, 2.75) is 135 Å². The number of fused-ring (bicyclic) bond motifs is 6. The minimum atomic E-state index is -4.99. The summed E-state index contributed by atoms with van der Waals surface area (Å²) in [5.74, 6) is -5.42. The minimum absolute atomic E-state index is 0.0585. The first-order chi connectivity index (χ1) is 19.4. The van der Waals surface area contributed by atoms with Crippen molar-refractivity contribution in [3.8, 4) is 0 Å². The van der Waals surface area contributed by atoms with Crippen LogP contribution in [0.25, 0.3) is 0 Å². The molecule has 1 N–H and O–H groups in total. The molecule has 1 heterocycles. The molecule has 0 aromatic heterocycles. The third-order valence-corrected chi connectivity index (χ3v) is 12.3. The molecule has 0 aromatic carbocycles. The Morgan fingerprint density at radius 3 is 2.07 bits per heavy atom. The molecule has 4 saturated carbocycles. The highest BCUT2D eigenvalue weighted by atomic mass is 19.4. The first-order valence-electron chi connectivity index (χ1n) is 15.4. The van der Waals surface area contributed by atoms with Gasteiger partial charge in [-0.05, 0) is 80.5 Å². The average molecular weight is 603 g/mol. The Bertz CT molecular complexity index is 1110. The maximum atomic E-state index is 14.2. The largest absolute Gasteiger partial charge is 0.463 e. The van der Waals surface area contributed by atoms with E-state index < -0.39 is 53.5 Å². The van der Waals surface area contributed by atoms with E-state index in [1.165, 1.54) is 20.8 Å². The number of hydrogen-bond donors (Lipinski definition) is 1. The molecule has 8 nitrogen and oxygen atoms in total. The second-order valence-corrected chi connectivity index (χ2v) is 14.3. The Labute approximate surface area is 245 Å². The van der Waals surface area contributed by atoms with Crippen LogP contribution in [-0.4, -0.2) is 58.9 Å². The zero-order valence-electron chi connectivity index (χ0n) is 25.4. The summed E-state index contributed by atoms with van der Waals surface area (Å²) in [6.45, 7) is 10.00. The lowest BCUT2D eigenvalue weighted by atomic mass is 9.42. The highest BCUT2D eigenvalue weighted by molar-refractivity contribution is 5.67. The Kier molecular flexibility index (Phi) is 7.77. The Morgan fingerprint density at radius 2 is 1.48 bits per heavy atom. The van der Waals surface area contributed by atoms with E-state index in [4.69, 9.17) is 18.9 Å². The zero-order chi connectivity index (χ0) is 31.0. The number of hydrogen-bond acceptors (Lipinski definition) is 8. The summed E-state index contributed by atoms with van der Waals surface area (Å²) in [5, 5.41) is 10.8. The van der Waals surface area contributed by atoms with Gasteiger partial charge in [0.1, 0.15) is 18.3 Å². The summed E-state index contributed by atoms with van der Waals surface area (Å²) >= 11 is 0. The molecule has 238 valence electrons. The van der Waals surface area contributed by atoms with Crippen LogP contribution in [0.3, 0.4) is 0 Å². The van der Waals surface area contributed by atoms with Crippen molar-refractivity contribution in [2.24, 2.45) is 40.4 Å². The molecule has 0 aromatic rings. The van der Waals surface area contributed by atoms with Crippen LogP contribution in [0, 0.1) is 40.4 Å². The maximum absolute atomic E-state index is 14.2. The number of alkyl halides is 3. The Hall–Kier alpha value is -1.88. The topological polar surface area (TPSA) is 108 Å². The normalized spacial score (nSPS) is 48.4. The van der Waals surface area contributed by atoms with E-state index in [1.54, 1.807) is 0 Å².